The maximum Gasteiger partial charge on any atom is 0.180 e. The molecule has 0 saturated heterocycles. The van der Waals surface area contributed by atoms with Crippen molar-refractivity contribution in [1.82, 2.24) is 14.4 Å². The number of fused-ring (bicyclic) bond motifs is 3. The van der Waals surface area contributed by atoms with Crippen LogP contribution in [-0.4, -0.2) is 14.4 Å². The van der Waals surface area contributed by atoms with Gasteiger partial charge in [0, 0.05) is 10.0 Å². The monoisotopic (exact) mass is 338 g/mol. The second-order valence-electron chi connectivity index (χ2n) is 4.80. The van der Waals surface area contributed by atoms with Crippen molar-refractivity contribution in [2.24, 2.45) is 0 Å². The smallest absolute Gasteiger partial charge is 0.180 e. The molecule has 0 saturated carbocycles. The third-order valence-corrected chi connectivity index (χ3v) is 4.02. The Balaban J connectivity index is 2.13. The molecule has 0 aliphatic heterocycles. The lowest BCUT2D eigenvalue weighted by Crippen LogP contribution is -1.99. The molecular weight excluding hydrogens is 328 g/mol. The molecule has 4 rings (SSSR count). The Kier molecular flexibility index (Phi) is 2.68. The molecule has 2 heterocycles. The van der Waals surface area contributed by atoms with Gasteiger partial charge in [-0.1, -0.05) is 40.2 Å². The van der Waals surface area contributed by atoms with Crippen LogP contribution in [0.5, 0.6) is 0 Å². The first-order valence-electron chi connectivity index (χ1n) is 6.51. The zero-order valence-electron chi connectivity index (χ0n) is 11.0. The molecule has 2 N–H and O–H groups in total. The number of anilines is 1. The molecule has 21 heavy (non-hydrogen) atoms. The van der Waals surface area contributed by atoms with Gasteiger partial charge in [-0.3, -0.25) is 4.40 Å². The van der Waals surface area contributed by atoms with Gasteiger partial charge in [-0.25, -0.2) is 9.97 Å². The van der Waals surface area contributed by atoms with E-state index in [1.54, 1.807) is 0 Å². The molecule has 0 spiro atoms. The highest BCUT2D eigenvalue weighted by atomic mass is 79.9. The van der Waals surface area contributed by atoms with Gasteiger partial charge in [0.25, 0.3) is 0 Å². The Hall–Kier alpha value is -2.40. The summed E-state index contributed by atoms with van der Waals surface area (Å²) in [6, 6.07) is 16.1. The number of benzene rings is 2. The summed E-state index contributed by atoms with van der Waals surface area (Å²) in [7, 11) is 0. The fourth-order valence-corrected chi connectivity index (χ4v) is 2.79. The number of nitrogen functional groups attached to an aromatic ring is 1. The van der Waals surface area contributed by atoms with Gasteiger partial charge in [-0.2, -0.15) is 0 Å². The lowest BCUT2D eigenvalue weighted by atomic mass is 10.1. The molecule has 0 amide bonds. The first-order valence-corrected chi connectivity index (χ1v) is 7.31. The van der Waals surface area contributed by atoms with Crippen molar-refractivity contribution in [1.29, 1.82) is 0 Å². The van der Waals surface area contributed by atoms with Gasteiger partial charge < -0.3 is 5.73 Å². The molecule has 4 nitrogen and oxygen atoms in total. The van der Waals surface area contributed by atoms with Crippen LogP contribution < -0.4 is 5.73 Å². The highest BCUT2D eigenvalue weighted by Gasteiger charge is 2.12. The number of para-hydroxylation sites is 2. The van der Waals surface area contributed by atoms with Crippen LogP contribution in [0, 0.1) is 0 Å². The van der Waals surface area contributed by atoms with Gasteiger partial charge >= 0.3 is 0 Å². The van der Waals surface area contributed by atoms with Gasteiger partial charge in [0.15, 0.2) is 11.5 Å². The number of nitrogens with two attached hydrogens (primary N) is 1. The maximum absolute atomic E-state index is 6.04. The topological polar surface area (TPSA) is 56.2 Å². The van der Waals surface area contributed by atoms with E-state index in [2.05, 4.69) is 42.4 Å². The minimum absolute atomic E-state index is 0.442. The van der Waals surface area contributed by atoms with E-state index in [0.717, 1.165) is 26.8 Å². The SMILES string of the molecule is Nc1nc2ccccc2n2c(-c3ccc(Br)cc3)cnc12. The molecule has 2 aromatic carbocycles. The van der Waals surface area contributed by atoms with E-state index in [-0.39, 0.29) is 0 Å². The lowest BCUT2D eigenvalue weighted by Gasteiger charge is -2.07. The van der Waals surface area contributed by atoms with E-state index in [9.17, 15) is 0 Å². The highest BCUT2D eigenvalue weighted by molar-refractivity contribution is 9.10. The third kappa shape index (κ3) is 1.89. The van der Waals surface area contributed by atoms with Crippen molar-refractivity contribution in [3.05, 3.63) is 59.2 Å². The van der Waals surface area contributed by atoms with Crippen LogP contribution in [0.15, 0.2) is 59.2 Å². The van der Waals surface area contributed by atoms with Gasteiger partial charge in [-0.15, -0.1) is 0 Å². The summed E-state index contributed by atoms with van der Waals surface area (Å²) in [5.41, 5.74) is 10.7. The summed E-state index contributed by atoms with van der Waals surface area (Å²) in [5, 5.41) is 0. The Bertz CT molecular complexity index is 957. The minimum atomic E-state index is 0.442. The van der Waals surface area contributed by atoms with E-state index in [1.165, 1.54) is 0 Å². The molecule has 0 aliphatic rings. The van der Waals surface area contributed by atoms with Crippen LogP contribution in [-0.2, 0) is 0 Å². The number of halogens is 1. The fraction of sp³-hybridized carbons (Fsp3) is 0. The molecule has 0 bridgehead atoms. The Labute approximate surface area is 129 Å². The molecule has 4 aromatic rings. The third-order valence-electron chi connectivity index (χ3n) is 3.49. The van der Waals surface area contributed by atoms with Crippen molar-refractivity contribution in [3.63, 3.8) is 0 Å². The summed E-state index contributed by atoms with van der Waals surface area (Å²) < 4.78 is 3.10. The van der Waals surface area contributed by atoms with Gasteiger partial charge in [0.05, 0.1) is 22.9 Å². The first-order chi connectivity index (χ1) is 10.2. The predicted molar refractivity (Wildman–Crippen MR) is 88.0 cm³/mol. The van der Waals surface area contributed by atoms with Crippen molar-refractivity contribution >= 4 is 38.4 Å². The molecule has 0 fully saturated rings. The van der Waals surface area contributed by atoms with E-state index in [4.69, 9.17) is 5.73 Å². The average molecular weight is 339 g/mol. The molecular formula is C16H11BrN4. The minimum Gasteiger partial charge on any atom is -0.381 e. The molecule has 2 aromatic heterocycles. The number of imidazole rings is 1. The molecule has 0 atom stereocenters. The predicted octanol–water partition coefficient (Wildman–Crippen LogP) is 3.89. The maximum atomic E-state index is 6.04. The van der Waals surface area contributed by atoms with Crippen molar-refractivity contribution < 1.29 is 0 Å². The van der Waals surface area contributed by atoms with Crippen LogP contribution in [0.1, 0.15) is 0 Å². The molecule has 0 aliphatic carbocycles. The molecule has 102 valence electrons. The van der Waals surface area contributed by atoms with Crippen molar-refractivity contribution in [2.75, 3.05) is 5.73 Å². The van der Waals surface area contributed by atoms with E-state index < -0.39 is 0 Å². The number of hydrogen-bond acceptors (Lipinski definition) is 3. The first kappa shape index (κ1) is 12.3. The van der Waals surface area contributed by atoms with Crippen LogP contribution in [0.4, 0.5) is 5.82 Å². The normalized spacial score (nSPS) is 11.3. The lowest BCUT2D eigenvalue weighted by molar-refractivity contribution is 1.22. The summed E-state index contributed by atoms with van der Waals surface area (Å²) in [4.78, 5) is 8.84. The van der Waals surface area contributed by atoms with Gasteiger partial charge in [-0.05, 0) is 24.3 Å². The van der Waals surface area contributed by atoms with Gasteiger partial charge in [0.1, 0.15) is 0 Å². The Morgan fingerprint density at radius 2 is 1.76 bits per heavy atom. The van der Waals surface area contributed by atoms with E-state index in [0.29, 0.717) is 11.5 Å². The van der Waals surface area contributed by atoms with Gasteiger partial charge in [0.2, 0.25) is 0 Å². The number of hydrogen-bond donors (Lipinski definition) is 1. The summed E-state index contributed by atoms with van der Waals surface area (Å²) >= 11 is 3.46. The number of rotatable bonds is 1. The standard InChI is InChI=1S/C16H11BrN4/c17-11-7-5-10(6-8-11)14-9-19-16-15(18)20-12-3-1-2-4-13(12)21(14)16/h1-9H,(H2,18,20). The molecule has 0 radical (unpaired) electrons. The fourth-order valence-electron chi connectivity index (χ4n) is 2.53. The van der Waals surface area contributed by atoms with Crippen LogP contribution in [0.3, 0.4) is 0 Å². The summed E-state index contributed by atoms with van der Waals surface area (Å²) in [6.07, 6.45) is 1.84. The largest absolute Gasteiger partial charge is 0.381 e. The Morgan fingerprint density at radius 1 is 1.00 bits per heavy atom. The Morgan fingerprint density at radius 3 is 2.57 bits per heavy atom. The number of nitrogens with zero attached hydrogens (tertiary/aromatic N) is 3. The second-order valence-corrected chi connectivity index (χ2v) is 5.71. The second kappa shape index (κ2) is 4.56. The number of aromatic nitrogens is 3. The zero-order chi connectivity index (χ0) is 14.4. The molecule has 5 heteroatoms. The highest BCUT2D eigenvalue weighted by Crippen LogP contribution is 2.27. The quantitative estimate of drug-likeness (QED) is 0.572. The van der Waals surface area contributed by atoms with Crippen LogP contribution in [0.2, 0.25) is 0 Å². The van der Waals surface area contributed by atoms with Crippen LogP contribution in [0.25, 0.3) is 27.9 Å². The summed E-state index contributed by atoms with van der Waals surface area (Å²) in [6.45, 7) is 0. The summed E-state index contributed by atoms with van der Waals surface area (Å²) in [5.74, 6) is 0.442. The van der Waals surface area contributed by atoms with E-state index >= 15 is 0 Å². The van der Waals surface area contributed by atoms with Crippen molar-refractivity contribution in [2.45, 2.75) is 0 Å². The zero-order valence-corrected chi connectivity index (χ0v) is 12.6. The molecule has 0 unspecified atom stereocenters. The average Bonchev–Trinajstić information content (AvgIpc) is 2.94. The van der Waals surface area contributed by atoms with E-state index in [1.807, 2.05) is 42.6 Å². The van der Waals surface area contributed by atoms with Crippen LogP contribution >= 0.6 is 15.9 Å². The van der Waals surface area contributed by atoms with Crippen molar-refractivity contribution in [3.8, 4) is 11.3 Å².